The maximum atomic E-state index is 13.0. The molecule has 3 aromatic rings. The molecule has 0 bridgehead atoms. The molecule has 3 aromatic carbocycles. The van der Waals surface area contributed by atoms with Gasteiger partial charge in [-0.1, -0.05) is 60.7 Å². The molecule has 5 nitrogen and oxygen atoms in total. The van der Waals surface area contributed by atoms with E-state index in [9.17, 15) is 19.1 Å². The minimum absolute atomic E-state index is 0.0624. The number of fused-ring (bicyclic) bond motifs is 3. The molecule has 0 heterocycles. The van der Waals surface area contributed by atoms with Gasteiger partial charge in [0, 0.05) is 12.5 Å². The summed E-state index contributed by atoms with van der Waals surface area (Å²) in [7, 11) is 0. The highest BCUT2D eigenvalue weighted by molar-refractivity contribution is 5.79. The zero-order valence-corrected chi connectivity index (χ0v) is 16.8. The zero-order chi connectivity index (χ0) is 21.8. The molecule has 4 rings (SSSR count). The van der Waals surface area contributed by atoms with Crippen molar-refractivity contribution in [3.8, 4) is 11.1 Å². The molecule has 0 radical (unpaired) electrons. The highest BCUT2D eigenvalue weighted by atomic mass is 19.1. The Morgan fingerprint density at radius 1 is 0.935 bits per heavy atom. The van der Waals surface area contributed by atoms with Gasteiger partial charge in [-0.05, 0) is 46.4 Å². The quantitative estimate of drug-likeness (QED) is 0.587. The van der Waals surface area contributed by atoms with Gasteiger partial charge in [-0.15, -0.1) is 0 Å². The van der Waals surface area contributed by atoms with Crippen LogP contribution in [0.25, 0.3) is 11.1 Å². The Balaban J connectivity index is 1.36. The molecule has 0 fully saturated rings. The lowest BCUT2D eigenvalue weighted by molar-refractivity contribution is -0.141. The highest BCUT2D eigenvalue weighted by Gasteiger charge is 2.29. The first-order valence-electron chi connectivity index (χ1n) is 10.1. The lowest BCUT2D eigenvalue weighted by Gasteiger charge is -2.16. The first-order chi connectivity index (χ1) is 15.0. The maximum absolute atomic E-state index is 13.0. The minimum Gasteiger partial charge on any atom is -0.481 e. The van der Waals surface area contributed by atoms with Crippen LogP contribution in [0.5, 0.6) is 0 Å². The van der Waals surface area contributed by atoms with E-state index in [2.05, 4.69) is 17.4 Å². The van der Waals surface area contributed by atoms with Crippen LogP contribution in [-0.4, -0.2) is 30.3 Å². The second kappa shape index (κ2) is 9.00. The Bertz CT molecular complexity index is 1050. The number of carboxylic acid groups (broad SMARTS) is 1. The number of hydrogen-bond acceptors (Lipinski definition) is 3. The Labute approximate surface area is 179 Å². The van der Waals surface area contributed by atoms with Gasteiger partial charge in [-0.25, -0.2) is 9.18 Å². The normalized spacial score (nSPS) is 13.2. The number of benzene rings is 3. The number of carbonyl (C=O) groups excluding carboxylic acids is 1. The first kappa shape index (κ1) is 20.6. The van der Waals surface area contributed by atoms with E-state index in [4.69, 9.17) is 4.74 Å². The van der Waals surface area contributed by atoms with E-state index in [1.807, 2.05) is 36.4 Å². The number of amides is 1. The van der Waals surface area contributed by atoms with Crippen LogP contribution in [-0.2, 0) is 16.0 Å². The third-order valence-electron chi connectivity index (χ3n) is 5.58. The summed E-state index contributed by atoms with van der Waals surface area (Å²) in [6.45, 7) is 0.0823. The Morgan fingerprint density at radius 3 is 2.10 bits per heavy atom. The number of aliphatic carboxylic acids is 1. The van der Waals surface area contributed by atoms with E-state index in [1.165, 1.54) is 12.1 Å². The number of halogens is 1. The van der Waals surface area contributed by atoms with Crippen molar-refractivity contribution in [3.05, 3.63) is 95.3 Å². The van der Waals surface area contributed by atoms with Gasteiger partial charge in [0.2, 0.25) is 0 Å². The van der Waals surface area contributed by atoms with Crippen LogP contribution in [0.4, 0.5) is 9.18 Å². The first-order valence-corrected chi connectivity index (χ1v) is 10.1. The predicted octanol–water partition coefficient (Wildman–Crippen LogP) is 4.61. The lowest BCUT2D eigenvalue weighted by Crippen LogP contribution is -2.35. The number of ether oxygens (including phenoxy) is 1. The van der Waals surface area contributed by atoms with Crippen LogP contribution in [0, 0.1) is 11.7 Å². The van der Waals surface area contributed by atoms with Gasteiger partial charge in [-0.3, -0.25) is 4.79 Å². The second-order valence-corrected chi connectivity index (χ2v) is 7.57. The average Bonchev–Trinajstić information content (AvgIpc) is 3.10. The summed E-state index contributed by atoms with van der Waals surface area (Å²) >= 11 is 0. The van der Waals surface area contributed by atoms with Crippen LogP contribution in [0.3, 0.4) is 0 Å². The molecular weight excluding hydrogens is 397 g/mol. The number of carbonyl (C=O) groups is 2. The minimum atomic E-state index is -1.04. The molecule has 0 aliphatic heterocycles. The molecule has 1 amide bonds. The molecule has 0 saturated heterocycles. The molecule has 1 aliphatic carbocycles. The van der Waals surface area contributed by atoms with Gasteiger partial charge < -0.3 is 15.2 Å². The Morgan fingerprint density at radius 2 is 1.52 bits per heavy atom. The molecule has 1 atom stereocenters. The van der Waals surface area contributed by atoms with Crippen molar-refractivity contribution >= 4 is 12.1 Å². The smallest absolute Gasteiger partial charge is 0.407 e. The van der Waals surface area contributed by atoms with Gasteiger partial charge >= 0.3 is 12.1 Å². The summed E-state index contributed by atoms with van der Waals surface area (Å²) in [4.78, 5) is 23.8. The maximum Gasteiger partial charge on any atom is 0.407 e. The molecule has 2 N–H and O–H groups in total. The fourth-order valence-electron chi connectivity index (χ4n) is 4.01. The van der Waals surface area contributed by atoms with E-state index in [0.29, 0.717) is 5.56 Å². The van der Waals surface area contributed by atoms with Crippen molar-refractivity contribution in [2.24, 2.45) is 5.92 Å². The Hall–Kier alpha value is -3.67. The van der Waals surface area contributed by atoms with Crippen LogP contribution in [0.15, 0.2) is 72.8 Å². The van der Waals surface area contributed by atoms with Gasteiger partial charge in [0.25, 0.3) is 0 Å². The highest BCUT2D eigenvalue weighted by Crippen LogP contribution is 2.44. The van der Waals surface area contributed by atoms with Crippen LogP contribution in [0.1, 0.15) is 22.6 Å². The van der Waals surface area contributed by atoms with Crippen molar-refractivity contribution in [1.82, 2.24) is 5.32 Å². The van der Waals surface area contributed by atoms with E-state index >= 15 is 0 Å². The summed E-state index contributed by atoms with van der Waals surface area (Å²) in [5.41, 5.74) is 5.17. The van der Waals surface area contributed by atoms with Crippen molar-refractivity contribution in [1.29, 1.82) is 0 Å². The number of alkyl carbamates (subject to hydrolysis) is 1. The SMILES string of the molecule is O=C(NCC(Cc1ccc(F)cc1)C(=O)O)OCC1c2ccccc2-c2ccccc21. The second-order valence-electron chi connectivity index (χ2n) is 7.57. The molecule has 31 heavy (non-hydrogen) atoms. The van der Waals surface area contributed by atoms with Gasteiger partial charge in [0.1, 0.15) is 12.4 Å². The molecule has 1 unspecified atom stereocenters. The standard InChI is InChI=1S/C25H22FNO4/c26-18-11-9-16(10-12-18)13-17(24(28)29)14-27-25(30)31-15-23-21-7-3-1-5-19(21)20-6-2-4-8-22(20)23/h1-12,17,23H,13-15H2,(H,27,30)(H,28,29). The van der Waals surface area contributed by atoms with Crippen molar-refractivity contribution in [2.45, 2.75) is 12.3 Å². The summed E-state index contributed by atoms with van der Waals surface area (Å²) in [6.07, 6.45) is -0.480. The molecule has 0 spiro atoms. The third kappa shape index (κ3) is 4.58. The van der Waals surface area contributed by atoms with E-state index in [-0.39, 0.29) is 31.3 Å². The largest absolute Gasteiger partial charge is 0.481 e. The average molecular weight is 419 g/mol. The fourth-order valence-corrected chi connectivity index (χ4v) is 4.01. The number of carboxylic acids is 1. The molecule has 0 saturated carbocycles. The summed E-state index contributed by atoms with van der Waals surface area (Å²) in [5, 5.41) is 12.0. The van der Waals surface area contributed by atoms with E-state index < -0.39 is 18.0 Å². The molecule has 0 aromatic heterocycles. The van der Waals surface area contributed by atoms with E-state index in [0.717, 1.165) is 22.3 Å². The summed E-state index contributed by atoms with van der Waals surface area (Å²) in [6, 6.07) is 21.7. The van der Waals surface area contributed by atoms with Crippen LogP contribution in [0.2, 0.25) is 0 Å². The number of rotatable bonds is 7. The molecule has 1 aliphatic rings. The monoisotopic (exact) mass is 419 g/mol. The lowest BCUT2D eigenvalue weighted by atomic mass is 9.98. The molecular formula is C25H22FNO4. The van der Waals surface area contributed by atoms with E-state index in [1.54, 1.807) is 12.1 Å². The molecule has 158 valence electrons. The number of hydrogen-bond donors (Lipinski definition) is 2. The zero-order valence-electron chi connectivity index (χ0n) is 16.8. The molecule has 6 heteroatoms. The fraction of sp³-hybridized carbons (Fsp3) is 0.200. The summed E-state index contributed by atoms with van der Waals surface area (Å²) in [5.74, 6) is -2.32. The van der Waals surface area contributed by atoms with Crippen molar-refractivity contribution in [2.75, 3.05) is 13.2 Å². The topological polar surface area (TPSA) is 75.6 Å². The summed E-state index contributed by atoms with van der Waals surface area (Å²) < 4.78 is 18.5. The van der Waals surface area contributed by atoms with Gasteiger partial charge in [-0.2, -0.15) is 0 Å². The van der Waals surface area contributed by atoms with Gasteiger partial charge in [0.15, 0.2) is 0 Å². The van der Waals surface area contributed by atoms with Crippen LogP contribution >= 0.6 is 0 Å². The third-order valence-corrected chi connectivity index (χ3v) is 5.58. The van der Waals surface area contributed by atoms with Crippen LogP contribution < -0.4 is 5.32 Å². The van der Waals surface area contributed by atoms with Crippen molar-refractivity contribution in [3.63, 3.8) is 0 Å². The Kier molecular flexibility index (Phi) is 5.98. The predicted molar refractivity (Wildman–Crippen MR) is 114 cm³/mol. The van der Waals surface area contributed by atoms with Crippen molar-refractivity contribution < 1.29 is 23.8 Å². The number of nitrogens with one attached hydrogen (secondary N) is 1. The van der Waals surface area contributed by atoms with Gasteiger partial charge in [0.05, 0.1) is 5.92 Å².